The second kappa shape index (κ2) is 6.19. The number of hydrogen-bond acceptors (Lipinski definition) is 4. The average Bonchev–Trinajstić information content (AvgIpc) is 2.89. The Morgan fingerprint density at radius 2 is 2.09 bits per heavy atom. The molecule has 1 unspecified atom stereocenters. The quantitative estimate of drug-likeness (QED) is 0.737. The Hall–Kier alpha value is -2.34. The molecule has 0 saturated heterocycles. The number of halogens is 1. The highest BCUT2D eigenvalue weighted by Crippen LogP contribution is 2.27. The molecule has 0 aliphatic rings. The fourth-order valence-corrected chi connectivity index (χ4v) is 2.67. The number of amides is 1. The minimum Gasteiger partial charge on any atom is -0.431 e. The molecule has 6 heteroatoms. The van der Waals surface area contributed by atoms with Gasteiger partial charge in [0, 0.05) is 5.69 Å². The van der Waals surface area contributed by atoms with Crippen LogP contribution in [0.3, 0.4) is 0 Å². The molecule has 1 N–H and O–H groups in total. The molecule has 0 saturated carbocycles. The number of fused-ring (bicyclic) bond motifs is 1. The molecule has 1 amide bonds. The van der Waals surface area contributed by atoms with Gasteiger partial charge in [-0.25, -0.2) is 9.37 Å². The van der Waals surface area contributed by atoms with Crippen molar-refractivity contribution in [1.29, 1.82) is 0 Å². The van der Waals surface area contributed by atoms with Crippen molar-refractivity contribution in [3.05, 3.63) is 54.3 Å². The third-order valence-electron chi connectivity index (χ3n) is 3.01. The van der Waals surface area contributed by atoms with Crippen molar-refractivity contribution >= 4 is 34.5 Å². The first kappa shape index (κ1) is 14.6. The molecule has 1 atom stereocenters. The van der Waals surface area contributed by atoms with Crippen LogP contribution in [0.1, 0.15) is 6.92 Å². The summed E-state index contributed by atoms with van der Waals surface area (Å²) in [5.74, 6) is -0.630. The number of carbonyl (C=O) groups is 1. The lowest BCUT2D eigenvalue weighted by Gasteiger charge is -2.09. The van der Waals surface area contributed by atoms with E-state index < -0.39 is 11.1 Å². The van der Waals surface area contributed by atoms with E-state index in [-0.39, 0.29) is 5.91 Å². The summed E-state index contributed by atoms with van der Waals surface area (Å²) in [6.45, 7) is 1.74. The minimum atomic E-state index is -0.420. The number of anilines is 1. The van der Waals surface area contributed by atoms with Crippen molar-refractivity contribution in [1.82, 2.24) is 4.98 Å². The van der Waals surface area contributed by atoms with Gasteiger partial charge in [0.1, 0.15) is 11.3 Å². The summed E-state index contributed by atoms with van der Waals surface area (Å²) in [5, 5.41) is 2.68. The fourth-order valence-electron chi connectivity index (χ4n) is 1.92. The van der Waals surface area contributed by atoms with Crippen LogP contribution in [0, 0.1) is 5.82 Å². The third kappa shape index (κ3) is 3.28. The van der Waals surface area contributed by atoms with E-state index in [2.05, 4.69) is 10.3 Å². The highest BCUT2D eigenvalue weighted by molar-refractivity contribution is 8.00. The van der Waals surface area contributed by atoms with Gasteiger partial charge >= 0.3 is 0 Å². The van der Waals surface area contributed by atoms with Gasteiger partial charge in [-0.2, -0.15) is 0 Å². The van der Waals surface area contributed by atoms with Crippen LogP contribution in [-0.2, 0) is 4.79 Å². The molecule has 0 spiro atoms. The number of oxazole rings is 1. The second-order valence-electron chi connectivity index (χ2n) is 4.71. The third-order valence-corrected chi connectivity index (χ3v) is 3.96. The number of rotatable bonds is 4. The molecule has 0 aliphatic heterocycles. The smallest absolute Gasteiger partial charge is 0.257 e. The van der Waals surface area contributed by atoms with E-state index in [1.54, 1.807) is 19.1 Å². The molecule has 0 aliphatic carbocycles. The van der Waals surface area contributed by atoms with Crippen molar-refractivity contribution in [2.45, 2.75) is 17.4 Å². The maximum absolute atomic E-state index is 13.1. The summed E-state index contributed by atoms with van der Waals surface area (Å²) in [5.41, 5.74) is 1.86. The summed E-state index contributed by atoms with van der Waals surface area (Å²) >= 11 is 1.22. The summed E-state index contributed by atoms with van der Waals surface area (Å²) in [6, 6.07) is 13.2. The second-order valence-corrected chi connectivity index (χ2v) is 6.00. The molecular weight excluding hydrogens is 303 g/mol. The summed E-state index contributed by atoms with van der Waals surface area (Å²) in [6.07, 6.45) is 0. The Morgan fingerprint density at radius 3 is 2.86 bits per heavy atom. The average molecular weight is 316 g/mol. The maximum Gasteiger partial charge on any atom is 0.257 e. The summed E-state index contributed by atoms with van der Waals surface area (Å²) < 4.78 is 18.7. The minimum absolute atomic E-state index is 0.238. The van der Waals surface area contributed by atoms with Gasteiger partial charge in [-0.1, -0.05) is 30.0 Å². The lowest BCUT2D eigenvalue weighted by molar-refractivity contribution is -0.115. The normalized spacial score (nSPS) is 12.3. The molecule has 2 aromatic carbocycles. The Balaban J connectivity index is 1.68. The van der Waals surface area contributed by atoms with E-state index >= 15 is 0 Å². The van der Waals surface area contributed by atoms with Crippen molar-refractivity contribution < 1.29 is 13.6 Å². The van der Waals surface area contributed by atoms with Gasteiger partial charge in [-0.05, 0) is 37.3 Å². The van der Waals surface area contributed by atoms with Gasteiger partial charge in [0.15, 0.2) is 5.58 Å². The van der Waals surface area contributed by atoms with E-state index in [4.69, 9.17) is 4.42 Å². The standard InChI is InChI=1S/C16H13FN2O2S/c1-10(15(20)18-12-6-4-5-11(17)9-12)22-16-19-13-7-2-3-8-14(13)21-16/h2-10H,1H3,(H,18,20). The van der Waals surface area contributed by atoms with E-state index in [0.717, 1.165) is 5.52 Å². The first-order valence-corrected chi connectivity index (χ1v) is 7.58. The highest BCUT2D eigenvalue weighted by Gasteiger charge is 2.18. The predicted octanol–water partition coefficient (Wildman–Crippen LogP) is 4.09. The number of aromatic nitrogens is 1. The van der Waals surface area contributed by atoms with Gasteiger partial charge in [0.2, 0.25) is 5.91 Å². The molecule has 1 heterocycles. The van der Waals surface area contributed by atoms with Crippen molar-refractivity contribution in [3.8, 4) is 0 Å². The SMILES string of the molecule is CC(Sc1nc2ccccc2o1)C(=O)Nc1cccc(F)c1. The van der Waals surface area contributed by atoms with Crippen LogP contribution >= 0.6 is 11.8 Å². The Bertz CT molecular complexity index is 786. The molecule has 3 rings (SSSR count). The monoisotopic (exact) mass is 316 g/mol. The number of para-hydroxylation sites is 2. The molecule has 4 nitrogen and oxygen atoms in total. The lowest BCUT2D eigenvalue weighted by Crippen LogP contribution is -2.22. The topological polar surface area (TPSA) is 55.1 Å². The van der Waals surface area contributed by atoms with Crippen molar-refractivity contribution in [3.63, 3.8) is 0 Å². The first-order chi connectivity index (χ1) is 10.6. The predicted molar refractivity (Wildman–Crippen MR) is 84.4 cm³/mol. The van der Waals surface area contributed by atoms with Gasteiger partial charge in [-0.3, -0.25) is 4.79 Å². The molecule has 112 valence electrons. The number of nitrogens with one attached hydrogen (secondary N) is 1. The number of benzene rings is 2. The summed E-state index contributed by atoms with van der Waals surface area (Å²) in [7, 11) is 0. The van der Waals surface area contributed by atoms with Gasteiger partial charge < -0.3 is 9.73 Å². The van der Waals surface area contributed by atoms with E-state index in [0.29, 0.717) is 16.5 Å². The zero-order valence-corrected chi connectivity index (χ0v) is 12.6. The number of thioether (sulfide) groups is 1. The first-order valence-electron chi connectivity index (χ1n) is 6.70. The van der Waals surface area contributed by atoms with Crippen LogP contribution in [-0.4, -0.2) is 16.1 Å². The lowest BCUT2D eigenvalue weighted by atomic mass is 10.3. The van der Waals surface area contributed by atoms with Crippen LogP contribution in [0.25, 0.3) is 11.1 Å². The number of nitrogens with zero attached hydrogens (tertiary/aromatic N) is 1. The zero-order valence-electron chi connectivity index (χ0n) is 11.7. The van der Waals surface area contributed by atoms with Gasteiger partial charge in [-0.15, -0.1) is 0 Å². The molecule has 0 radical (unpaired) electrons. The fraction of sp³-hybridized carbons (Fsp3) is 0.125. The molecule has 22 heavy (non-hydrogen) atoms. The van der Waals surface area contributed by atoms with E-state index in [1.165, 1.54) is 23.9 Å². The Morgan fingerprint density at radius 1 is 1.27 bits per heavy atom. The molecule has 1 aromatic heterocycles. The molecule has 0 bridgehead atoms. The molecular formula is C16H13FN2O2S. The van der Waals surface area contributed by atoms with Gasteiger partial charge in [0.25, 0.3) is 5.22 Å². The number of hydrogen-bond donors (Lipinski definition) is 1. The van der Waals surface area contributed by atoms with Crippen LogP contribution in [0.5, 0.6) is 0 Å². The highest BCUT2D eigenvalue weighted by atomic mass is 32.2. The molecule has 0 fully saturated rings. The van der Waals surface area contributed by atoms with Crippen LogP contribution in [0.15, 0.2) is 58.2 Å². The van der Waals surface area contributed by atoms with Crippen LogP contribution in [0.4, 0.5) is 10.1 Å². The Kier molecular flexibility index (Phi) is 4.11. The van der Waals surface area contributed by atoms with Crippen LogP contribution < -0.4 is 5.32 Å². The van der Waals surface area contributed by atoms with Crippen molar-refractivity contribution in [2.75, 3.05) is 5.32 Å². The Labute approximate surface area is 130 Å². The van der Waals surface area contributed by atoms with E-state index in [9.17, 15) is 9.18 Å². The van der Waals surface area contributed by atoms with Crippen LogP contribution in [0.2, 0.25) is 0 Å². The van der Waals surface area contributed by atoms with Crippen molar-refractivity contribution in [2.24, 2.45) is 0 Å². The van der Waals surface area contributed by atoms with Gasteiger partial charge in [0.05, 0.1) is 5.25 Å². The molecule has 3 aromatic rings. The summed E-state index contributed by atoms with van der Waals surface area (Å²) in [4.78, 5) is 16.4. The maximum atomic E-state index is 13.1. The van der Waals surface area contributed by atoms with E-state index in [1.807, 2.05) is 24.3 Å². The number of carbonyl (C=O) groups excluding carboxylic acids is 1. The zero-order chi connectivity index (χ0) is 15.5. The largest absolute Gasteiger partial charge is 0.431 e.